The van der Waals surface area contributed by atoms with E-state index in [9.17, 15) is 9.59 Å². The number of ether oxygens (including phenoxy) is 1. The molecule has 0 spiro atoms. The van der Waals surface area contributed by atoms with Crippen molar-refractivity contribution in [2.75, 3.05) is 7.11 Å². The average molecular weight is 156 g/mol. The molecule has 11 heavy (non-hydrogen) atoms. The van der Waals surface area contributed by atoms with E-state index in [-0.39, 0.29) is 23.2 Å². The maximum atomic E-state index is 11.0. The third-order valence-electron chi connectivity index (χ3n) is 2.51. The largest absolute Gasteiger partial charge is 0.469 e. The zero-order valence-corrected chi connectivity index (χ0v) is 6.96. The van der Waals surface area contributed by atoms with Crippen molar-refractivity contribution in [3.8, 4) is 0 Å². The van der Waals surface area contributed by atoms with Crippen LogP contribution in [0.25, 0.3) is 0 Å². The SMILES string of the molecule is COC(=O)C1[C@@H](C=O)C1(C)C. The van der Waals surface area contributed by atoms with Gasteiger partial charge in [-0.1, -0.05) is 13.8 Å². The fraction of sp³-hybridized carbons (Fsp3) is 0.750. The smallest absolute Gasteiger partial charge is 0.309 e. The monoisotopic (exact) mass is 156 g/mol. The van der Waals surface area contributed by atoms with Crippen molar-refractivity contribution in [1.29, 1.82) is 0 Å². The van der Waals surface area contributed by atoms with E-state index in [4.69, 9.17) is 0 Å². The van der Waals surface area contributed by atoms with Gasteiger partial charge >= 0.3 is 5.97 Å². The lowest BCUT2D eigenvalue weighted by Gasteiger charge is -1.98. The number of methoxy groups -OCH3 is 1. The van der Waals surface area contributed by atoms with E-state index in [1.807, 2.05) is 13.8 Å². The number of carbonyl (C=O) groups excluding carboxylic acids is 2. The minimum Gasteiger partial charge on any atom is -0.469 e. The fourth-order valence-corrected chi connectivity index (χ4v) is 1.51. The normalized spacial score (nSPS) is 32.6. The summed E-state index contributed by atoms with van der Waals surface area (Å²) in [4.78, 5) is 21.4. The molecule has 1 aliphatic rings. The van der Waals surface area contributed by atoms with E-state index in [1.54, 1.807) is 0 Å². The molecule has 1 rings (SSSR count). The number of hydrogen-bond acceptors (Lipinski definition) is 3. The quantitative estimate of drug-likeness (QED) is 0.435. The number of aldehydes is 1. The second kappa shape index (κ2) is 2.32. The Balaban J connectivity index is 2.66. The molecular weight excluding hydrogens is 144 g/mol. The Morgan fingerprint density at radius 3 is 2.36 bits per heavy atom. The van der Waals surface area contributed by atoms with Crippen molar-refractivity contribution in [2.24, 2.45) is 17.3 Å². The Bertz CT molecular complexity index is 196. The van der Waals surface area contributed by atoms with E-state index < -0.39 is 0 Å². The number of carbonyl (C=O) groups is 2. The Morgan fingerprint density at radius 2 is 2.09 bits per heavy atom. The lowest BCUT2D eigenvalue weighted by atomic mass is 10.1. The molecule has 0 aliphatic heterocycles. The summed E-state index contributed by atoms with van der Waals surface area (Å²) in [5.74, 6) is -0.632. The van der Waals surface area contributed by atoms with E-state index in [0.717, 1.165) is 6.29 Å². The van der Waals surface area contributed by atoms with Crippen LogP contribution in [0.5, 0.6) is 0 Å². The highest BCUT2D eigenvalue weighted by atomic mass is 16.5. The molecule has 0 aromatic carbocycles. The Labute approximate surface area is 65.7 Å². The van der Waals surface area contributed by atoms with E-state index in [1.165, 1.54) is 7.11 Å². The third-order valence-corrected chi connectivity index (χ3v) is 2.51. The van der Waals surface area contributed by atoms with Crippen LogP contribution in [0.4, 0.5) is 0 Å². The molecular formula is C8H12O3. The molecule has 1 unspecified atom stereocenters. The van der Waals surface area contributed by atoms with E-state index in [2.05, 4.69) is 4.74 Å². The van der Waals surface area contributed by atoms with Gasteiger partial charge in [0.1, 0.15) is 6.29 Å². The second-order valence-electron chi connectivity index (χ2n) is 3.48. The second-order valence-corrected chi connectivity index (χ2v) is 3.48. The molecule has 1 aliphatic carbocycles. The molecule has 0 N–H and O–H groups in total. The van der Waals surface area contributed by atoms with Gasteiger partial charge in [0.15, 0.2) is 0 Å². The van der Waals surface area contributed by atoms with Gasteiger partial charge in [0, 0.05) is 5.92 Å². The molecule has 1 saturated carbocycles. The number of hydrogen-bond donors (Lipinski definition) is 0. The predicted octanol–water partition coefficient (Wildman–Crippen LogP) is 0.630. The van der Waals surface area contributed by atoms with Crippen LogP contribution in [-0.4, -0.2) is 19.4 Å². The summed E-state index contributed by atoms with van der Waals surface area (Å²) in [6, 6.07) is 0. The van der Waals surface area contributed by atoms with Crippen LogP contribution in [0.1, 0.15) is 13.8 Å². The fourth-order valence-electron chi connectivity index (χ4n) is 1.51. The minimum atomic E-state index is -0.271. The number of esters is 1. The van der Waals surface area contributed by atoms with Gasteiger partial charge < -0.3 is 9.53 Å². The van der Waals surface area contributed by atoms with Crippen LogP contribution >= 0.6 is 0 Å². The van der Waals surface area contributed by atoms with Crippen molar-refractivity contribution in [2.45, 2.75) is 13.8 Å². The molecule has 62 valence electrons. The standard InChI is InChI=1S/C8H12O3/c1-8(2)5(4-9)6(8)7(10)11-3/h4-6H,1-3H3/t5-,6?/m1/s1. The molecule has 0 aromatic rings. The van der Waals surface area contributed by atoms with Crippen molar-refractivity contribution in [3.05, 3.63) is 0 Å². The Morgan fingerprint density at radius 1 is 1.55 bits per heavy atom. The van der Waals surface area contributed by atoms with Crippen LogP contribution in [0.2, 0.25) is 0 Å². The third kappa shape index (κ3) is 1.04. The first kappa shape index (κ1) is 8.24. The van der Waals surface area contributed by atoms with Gasteiger partial charge in [-0.3, -0.25) is 4.79 Å². The van der Waals surface area contributed by atoms with Gasteiger partial charge in [0.25, 0.3) is 0 Å². The summed E-state index contributed by atoms with van der Waals surface area (Å²) in [6.07, 6.45) is 0.835. The summed E-state index contributed by atoms with van der Waals surface area (Å²) in [5.41, 5.74) is -0.186. The van der Waals surface area contributed by atoms with Crippen LogP contribution in [0.3, 0.4) is 0 Å². The molecule has 0 saturated heterocycles. The molecule has 0 amide bonds. The molecule has 0 heterocycles. The molecule has 0 radical (unpaired) electrons. The van der Waals surface area contributed by atoms with Gasteiger partial charge in [-0.2, -0.15) is 0 Å². The molecule has 1 fully saturated rings. The zero-order valence-electron chi connectivity index (χ0n) is 6.96. The van der Waals surface area contributed by atoms with Crippen molar-refractivity contribution in [1.82, 2.24) is 0 Å². The summed E-state index contributed by atoms with van der Waals surface area (Å²) >= 11 is 0. The molecule has 3 heteroatoms. The predicted molar refractivity (Wildman–Crippen MR) is 38.8 cm³/mol. The maximum Gasteiger partial charge on any atom is 0.309 e. The maximum absolute atomic E-state index is 11.0. The van der Waals surface area contributed by atoms with Gasteiger partial charge in [-0.05, 0) is 5.41 Å². The first-order chi connectivity index (χ1) is 5.05. The van der Waals surface area contributed by atoms with E-state index in [0.29, 0.717) is 0 Å². The average Bonchev–Trinajstić information content (AvgIpc) is 2.51. The van der Waals surface area contributed by atoms with Gasteiger partial charge in [0.05, 0.1) is 13.0 Å². The summed E-state index contributed by atoms with van der Waals surface area (Å²) < 4.78 is 4.54. The molecule has 2 atom stereocenters. The van der Waals surface area contributed by atoms with Crippen LogP contribution in [-0.2, 0) is 14.3 Å². The highest BCUT2D eigenvalue weighted by Gasteiger charge is 2.62. The summed E-state index contributed by atoms with van der Waals surface area (Å²) in [7, 11) is 1.35. The highest BCUT2D eigenvalue weighted by molar-refractivity contribution is 5.84. The summed E-state index contributed by atoms with van der Waals surface area (Å²) in [5, 5.41) is 0. The first-order valence-electron chi connectivity index (χ1n) is 3.58. The van der Waals surface area contributed by atoms with Gasteiger partial charge in [-0.25, -0.2) is 0 Å². The molecule has 0 aromatic heterocycles. The van der Waals surface area contributed by atoms with Gasteiger partial charge in [0.2, 0.25) is 0 Å². The molecule has 0 bridgehead atoms. The van der Waals surface area contributed by atoms with Gasteiger partial charge in [-0.15, -0.1) is 0 Å². The Kier molecular flexibility index (Phi) is 1.74. The van der Waals surface area contributed by atoms with Crippen molar-refractivity contribution >= 4 is 12.3 Å². The highest BCUT2D eigenvalue weighted by Crippen LogP contribution is 2.57. The minimum absolute atomic E-state index is 0.144. The van der Waals surface area contributed by atoms with Crippen molar-refractivity contribution < 1.29 is 14.3 Å². The van der Waals surface area contributed by atoms with E-state index >= 15 is 0 Å². The Hall–Kier alpha value is -0.860. The topological polar surface area (TPSA) is 43.4 Å². The van der Waals surface area contributed by atoms with Crippen molar-refractivity contribution in [3.63, 3.8) is 0 Å². The number of rotatable bonds is 2. The van der Waals surface area contributed by atoms with Crippen LogP contribution < -0.4 is 0 Å². The lowest BCUT2D eigenvalue weighted by molar-refractivity contribution is -0.143. The zero-order chi connectivity index (χ0) is 8.65. The molecule has 3 nitrogen and oxygen atoms in total. The lowest BCUT2D eigenvalue weighted by Crippen LogP contribution is -2.07. The van der Waals surface area contributed by atoms with Crippen LogP contribution in [0, 0.1) is 17.3 Å². The van der Waals surface area contributed by atoms with Crippen LogP contribution in [0.15, 0.2) is 0 Å². The first-order valence-corrected chi connectivity index (χ1v) is 3.58. The summed E-state index contributed by atoms with van der Waals surface area (Å²) in [6.45, 7) is 3.79.